The fourth-order valence-electron chi connectivity index (χ4n) is 2.93. The number of hydrogen-bond donors (Lipinski definition) is 2. The number of amides is 2. The monoisotopic (exact) mass is 342 g/mol. The molecule has 0 aliphatic carbocycles. The van der Waals surface area contributed by atoms with Crippen molar-refractivity contribution in [3.05, 3.63) is 65.5 Å². The van der Waals surface area contributed by atoms with Crippen molar-refractivity contribution in [3.63, 3.8) is 0 Å². The molecule has 1 aliphatic rings. The van der Waals surface area contributed by atoms with Gasteiger partial charge < -0.3 is 15.3 Å². The zero-order valence-electron chi connectivity index (χ0n) is 13.6. The summed E-state index contributed by atoms with van der Waals surface area (Å²) in [6.07, 6.45) is 0.870. The normalized spacial score (nSPS) is 16.9. The lowest BCUT2D eigenvalue weighted by Gasteiger charge is -2.17. The fourth-order valence-corrected chi connectivity index (χ4v) is 2.93. The first-order chi connectivity index (χ1) is 12.0. The molecule has 2 amide bonds. The van der Waals surface area contributed by atoms with Crippen LogP contribution in [0.15, 0.2) is 48.5 Å². The number of carbonyl (C=O) groups excluding carboxylic acids is 2. The number of nitrogens with one attached hydrogen (secondary N) is 1. The number of phenolic OH excluding ortho intramolecular Hbond substituents is 1. The number of rotatable bonds is 5. The number of para-hydroxylation sites is 1. The Morgan fingerprint density at radius 1 is 1.20 bits per heavy atom. The minimum Gasteiger partial charge on any atom is -0.507 e. The molecule has 25 heavy (non-hydrogen) atoms. The Kier molecular flexibility index (Phi) is 4.97. The molecule has 130 valence electrons. The quantitative estimate of drug-likeness (QED) is 0.874. The maximum Gasteiger partial charge on any atom is 0.255 e. The van der Waals surface area contributed by atoms with Gasteiger partial charge in [-0.05, 0) is 36.2 Å². The molecule has 6 heteroatoms. The highest BCUT2D eigenvalue weighted by Crippen LogP contribution is 2.17. The van der Waals surface area contributed by atoms with Crippen molar-refractivity contribution in [1.29, 1.82) is 0 Å². The topological polar surface area (TPSA) is 69.6 Å². The SMILES string of the molecule is O=C(N[C@@H]1CC(=O)N(CCc2ccc(F)cc2)C1)c1ccccc1O. The van der Waals surface area contributed by atoms with Gasteiger partial charge in [0, 0.05) is 19.5 Å². The number of aromatic hydroxyl groups is 1. The summed E-state index contributed by atoms with van der Waals surface area (Å²) >= 11 is 0. The van der Waals surface area contributed by atoms with E-state index >= 15 is 0 Å². The molecule has 0 bridgehead atoms. The Labute approximate surface area is 145 Å². The Morgan fingerprint density at radius 3 is 2.64 bits per heavy atom. The molecule has 5 nitrogen and oxygen atoms in total. The van der Waals surface area contributed by atoms with Crippen LogP contribution in [0.3, 0.4) is 0 Å². The van der Waals surface area contributed by atoms with E-state index in [1.807, 2.05) is 0 Å². The van der Waals surface area contributed by atoms with Gasteiger partial charge in [-0.15, -0.1) is 0 Å². The van der Waals surface area contributed by atoms with E-state index in [0.29, 0.717) is 19.5 Å². The van der Waals surface area contributed by atoms with Crippen molar-refractivity contribution >= 4 is 11.8 Å². The van der Waals surface area contributed by atoms with Crippen LogP contribution in [0.5, 0.6) is 5.75 Å². The highest BCUT2D eigenvalue weighted by atomic mass is 19.1. The molecule has 0 unspecified atom stereocenters. The standard InChI is InChI=1S/C19H19FN2O3/c20-14-7-5-13(6-8-14)9-10-22-12-15(11-18(22)24)21-19(25)16-3-1-2-4-17(16)23/h1-8,15,23H,9-12H2,(H,21,25)/t15-/m1/s1. The molecule has 1 aliphatic heterocycles. The van der Waals surface area contributed by atoms with E-state index in [-0.39, 0.29) is 35.5 Å². The van der Waals surface area contributed by atoms with Crippen molar-refractivity contribution < 1.29 is 19.1 Å². The lowest BCUT2D eigenvalue weighted by molar-refractivity contribution is -0.127. The van der Waals surface area contributed by atoms with Crippen LogP contribution in [0, 0.1) is 5.82 Å². The molecule has 2 aromatic rings. The third-order valence-corrected chi connectivity index (χ3v) is 4.28. The summed E-state index contributed by atoms with van der Waals surface area (Å²) in [5.74, 6) is -0.786. The van der Waals surface area contributed by atoms with Crippen molar-refractivity contribution in [2.24, 2.45) is 0 Å². The van der Waals surface area contributed by atoms with Crippen LogP contribution < -0.4 is 5.32 Å². The van der Waals surface area contributed by atoms with Crippen LogP contribution in [0.2, 0.25) is 0 Å². The number of nitrogens with zero attached hydrogens (tertiary/aromatic N) is 1. The van der Waals surface area contributed by atoms with Crippen LogP contribution in [0.4, 0.5) is 4.39 Å². The molecule has 0 spiro atoms. The van der Waals surface area contributed by atoms with Crippen molar-refractivity contribution in [2.75, 3.05) is 13.1 Å². The Bertz CT molecular complexity index is 776. The maximum absolute atomic E-state index is 12.9. The van der Waals surface area contributed by atoms with Gasteiger partial charge >= 0.3 is 0 Å². The summed E-state index contributed by atoms with van der Waals surface area (Å²) < 4.78 is 12.9. The van der Waals surface area contributed by atoms with Gasteiger partial charge in [0.05, 0.1) is 11.6 Å². The molecule has 1 heterocycles. The third kappa shape index (κ3) is 4.15. The van der Waals surface area contributed by atoms with Crippen LogP contribution >= 0.6 is 0 Å². The summed E-state index contributed by atoms with van der Waals surface area (Å²) in [6.45, 7) is 0.951. The molecule has 0 saturated carbocycles. The lowest BCUT2D eigenvalue weighted by atomic mass is 10.1. The highest BCUT2D eigenvalue weighted by molar-refractivity contribution is 5.97. The smallest absolute Gasteiger partial charge is 0.255 e. The number of halogens is 1. The summed E-state index contributed by atoms with van der Waals surface area (Å²) in [5, 5.41) is 12.5. The largest absolute Gasteiger partial charge is 0.507 e. The van der Waals surface area contributed by atoms with E-state index in [1.54, 1.807) is 29.2 Å². The third-order valence-electron chi connectivity index (χ3n) is 4.28. The lowest BCUT2D eigenvalue weighted by Crippen LogP contribution is -2.37. The first-order valence-electron chi connectivity index (χ1n) is 8.14. The molecule has 1 atom stereocenters. The minimum atomic E-state index is -0.392. The van der Waals surface area contributed by atoms with Crippen LogP contribution in [-0.4, -0.2) is 41.0 Å². The molecule has 0 radical (unpaired) electrons. The van der Waals surface area contributed by atoms with Gasteiger partial charge in [-0.3, -0.25) is 9.59 Å². The first kappa shape index (κ1) is 17.0. The van der Waals surface area contributed by atoms with Crippen molar-refractivity contribution in [2.45, 2.75) is 18.9 Å². The van der Waals surface area contributed by atoms with E-state index < -0.39 is 5.91 Å². The van der Waals surface area contributed by atoms with Crippen LogP contribution in [-0.2, 0) is 11.2 Å². The second-order valence-corrected chi connectivity index (χ2v) is 6.11. The van der Waals surface area contributed by atoms with Gasteiger partial charge in [0.25, 0.3) is 5.91 Å². The van der Waals surface area contributed by atoms with Gasteiger partial charge in [0.1, 0.15) is 11.6 Å². The van der Waals surface area contributed by atoms with Gasteiger partial charge in [-0.1, -0.05) is 24.3 Å². The van der Waals surface area contributed by atoms with E-state index in [4.69, 9.17) is 0 Å². The number of benzene rings is 2. The predicted octanol–water partition coefficient (Wildman–Crippen LogP) is 2.10. The zero-order valence-corrected chi connectivity index (χ0v) is 13.6. The summed E-state index contributed by atoms with van der Waals surface area (Å²) in [4.78, 5) is 26.0. The molecule has 1 saturated heterocycles. The number of likely N-dealkylation sites (tertiary alicyclic amines) is 1. The van der Waals surface area contributed by atoms with Gasteiger partial charge in [-0.2, -0.15) is 0 Å². The number of phenols is 1. The summed E-state index contributed by atoms with van der Waals surface area (Å²) in [5.41, 5.74) is 1.15. The van der Waals surface area contributed by atoms with Gasteiger partial charge in [-0.25, -0.2) is 4.39 Å². The predicted molar refractivity (Wildman–Crippen MR) is 90.7 cm³/mol. The second kappa shape index (κ2) is 7.34. The Morgan fingerprint density at radius 2 is 1.92 bits per heavy atom. The molecular formula is C19H19FN2O3. The molecule has 3 rings (SSSR count). The second-order valence-electron chi connectivity index (χ2n) is 6.11. The Balaban J connectivity index is 1.54. The average Bonchev–Trinajstić information content (AvgIpc) is 2.94. The molecular weight excluding hydrogens is 323 g/mol. The van der Waals surface area contributed by atoms with Gasteiger partial charge in [0.15, 0.2) is 0 Å². The van der Waals surface area contributed by atoms with E-state index in [1.165, 1.54) is 24.3 Å². The van der Waals surface area contributed by atoms with E-state index in [2.05, 4.69) is 5.32 Å². The van der Waals surface area contributed by atoms with Crippen LogP contribution in [0.1, 0.15) is 22.3 Å². The average molecular weight is 342 g/mol. The van der Waals surface area contributed by atoms with Crippen molar-refractivity contribution in [1.82, 2.24) is 10.2 Å². The molecule has 1 fully saturated rings. The first-order valence-corrected chi connectivity index (χ1v) is 8.14. The minimum absolute atomic E-state index is 0.0234. The number of hydrogen-bond acceptors (Lipinski definition) is 3. The molecule has 2 aromatic carbocycles. The summed E-state index contributed by atoms with van der Waals surface area (Å²) in [6, 6.07) is 12.2. The summed E-state index contributed by atoms with van der Waals surface area (Å²) in [7, 11) is 0. The van der Waals surface area contributed by atoms with Gasteiger partial charge in [0.2, 0.25) is 5.91 Å². The van der Waals surface area contributed by atoms with Crippen LogP contribution in [0.25, 0.3) is 0 Å². The van der Waals surface area contributed by atoms with Crippen molar-refractivity contribution in [3.8, 4) is 5.75 Å². The highest BCUT2D eigenvalue weighted by Gasteiger charge is 2.30. The van der Waals surface area contributed by atoms with E-state index in [0.717, 1.165) is 5.56 Å². The maximum atomic E-state index is 12.9. The Hall–Kier alpha value is -2.89. The van der Waals surface area contributed by atoms with E-state index in [9.17, 15) is 19.1 Å². The fraction of sp³-hybridized carbons (Fsp3) is 0.263. The number of carbonyl (C=O) groups is 2. The zero-order chi connectivity index (χ0) is 17.8. The molecule has 0 aromatic heterocycles. The molecule has 2 N–H and O–H groups in total.